The number of pyridine rings is 1. The minimum absolute atomic E-state index is 0.157. The quantitative estimate of drug-likeness (QED) is 0.220. The third-order valence-corrected chi connectivity index (χ3v) is 7.81. The molecule has 1 N–H and O–H groups in total. The van der Waals surface area contributed by atoms with Crippen molar-refractivity contribution in [3.05, 3.63) is 115 Å². The minimum Gasteiger partial charge on any atom is -0.365 e. The maximum Gasteiger partial charge on any atom is 0.283 e. The summed E-state index contributed by atoms with van der Waals surface area (Å²) in [6.45, 7) is 3.93. The summed E-state index contributed by atoms with van der Waals surface area (Å²) in [5, 5.41) is 7.60. The van der Waals surface area contributed by atoms with Crippen molar-refractivity contribution >= 4 is 58.1 Å². The Morgan fingerprint density at radius 3 is 2.67 bits per heavy atom. The second kappa shape index (κ2) is 11.3. The molecule has 4 aromatic heterocycles. The molecule has 0 aliphatic heterocycles. The molecule has 0 spiro atoms. The van der Waals surface area contributed by atoms with Gasteiger partial charge in [0.25, 0.3) is 11.5 Å². The number of ketones is 1. The standard InChI is InChI=1S/C27H19ClFN5O3S2/c1-2-17-18(10-12-33(26(17)36)15-22(35)23-9-11-31-39-23)21-13-25(30-14-16-7-8-24(28)38-16)34(32-21)27(37)19-5-3-4-6-20(19)29/h2-13,30H,1,14-15H2. The van der Waals surface area contributed by atoms with Gasteiger partial charge in [-0.1, -0.05) is 36.4 Å². The van der Waals surface area contributed by atoms with Crippen molar-refractivity contribution in [2.45, 2.75) is 13.1 Å². The second-order valence-electron chi connectivity index (χ2n) is 8.25. The maximum atomic E-state index is 14.5. The number of aromatic nitrogens is 4. The van der Waals surface area contributed by atoms with E-state index in [0.717, 1.165) is 21.1 Å². The normalized spacial score (nSPS) is 10.9. The topological polar surface area (TPSA) is 98.9 Å². The summed E-state index contributed by atoms with van der Waals surface area (Å²) >= 11 is 8.47. The largest absolute Gasteiger partial charge is 0.365 e. The van der Waals surface area contributed by atoms with Gasteiger partial charge in [-0.25, -0.2) is 8.76 Å². The number of hydrogen-bond acceptors (Lipinski definition) is 8. The Hall–Kier alpha value is -4.19. The first-order valence-electron chi connectivity index (χ1n) is 11.5. The van der Waals surface area contributed by atoms with Crippen molar-refractivity contribution in [3.63, 3.8) is 0 Å². The van der Waals surface area contributed by atoms with Crippen LogP contribution in [0.25, 0.3) is 17.3 Å². The highest BCUT2D eigenvalue weighted by molar-refractivity contribution is 7.16. The molecule has 5 aromatic rings. The van der Waals surface area contributed by atoms with Gasteiger partial charge in [0.1, 0.15) is 11.6 Å². The molecule has 1 aromatic carbocycles. The lowest BCUT2D eigenvalue weighted by atomic mass is 10.1. The van der Waals surface area contributed by atoms with E-state index in [0.29, 0.717) is 32.8 Å². The van der Waals surface area contributed by atoms with Crippen molar-refractivity contribution < 1.29 is 14.0 Å². The first kappa shape index (κ1) is 26.4. The smallest absolute Gasteiger partial charge is 0.283 e. The zero-order valence-corrected chi connectivity index (χ0v) is 22.5. The molecule has 5 rings (SSSR count). The van der Waals surface area contributed by atoms with E-state index in [-0.39, 0.29) is 23.5 Å². The van der Waals surface area contributed by atoms with Gasteiger partial charge in [0, 0.05) is 34.5 Å². The first-order chi connectivity index (χ1) is 18.9. The van der Waals surface area contributed by atoms with E-state index in [9.17, 15) is 18.8 Å². The summed E-state index contributed by atoms with van der Waals surface area (Å²) in [6, 6.07) is 14.1. The maximum absolute atomic E-state index is 14.5. The van der Waals surface area contributed by atoms with Crippen LogP contribution in [0.3, 0.4) is 0 Å². The molecule has 0 bridgehead atoms. The average Bonchev–Trinajstić information content (AvgIpc) is 3.70. The monoisotopic (exact) mass is 579 g/mol. The molecule has 0 atom stereocenters. The van der Waals surface area contributed by atoms with Gasteiger partial charge in [0.05, 0.1) is 33.6 Å². The molecule has 12 heteroatoms. The highest BCUT2D eigenvalue weighted by Gasteiger charge is 2.22. The molecule has 0 aliphatic carbocycles. The number of rotatable bonds is 9. The van der Waals surface area contributed by atoms with Gasteiger partial charge in [-0.2, -0.15) is 9.78 Å². The summed E-state index contributed by atoms with van der Waals surface area (Å²) in [6.07, 6.45) is 4.39. The Morgan fingerprint density at radius 1 is 1.15 bits per heavy atom. The second-order valence-corrected chi connectivity index (χ2v) is 10.9. The van der Waals surface area contributed by atoms with Gasteiger partial charge in [0.15, 0.2) is 5.78 Å². The SMILES string of the molecule is C=Cc1c(-c2cc(NCc3ccc(Cl)s3)n(C(=O)c3ccccc3F)n2)ccn(CC(=O)c2ccns2)c1=O. The number of thiophene rings is 1. The molecular weight excluding hydrogens is 561 g/mol. The molecule has 196 valence electrons. The molecule has 4 heterocycles. The van der Waals surface area contributed by atoms with E-state index in [4.69, 9.17) is 11.6 Å². The number of carbonyl (C=O) groups is 2. The Bertz CT molecular complexity index is 1760. The molecule has 0 fully saturated rings. The van der Waals surface area contributed by atoms with E-state index in [2.05, 4.69) is 21.4 Å². The highest BCUT2D eigenvalue weighted by atomic mass is 35.5. The van der Waals surface area contributed by atoms with E-state index < -0.39 is 17.3 Å². The zero-order valence-electron chi connectivity index (χ0n) is 20.1. The number of carbonyl (C=O) groups excluding carboxylic acids is 2. The fraction of sp³-hybridized carbons (Fsp3) is 0.0741. The molecule has 0 saturated carbocycles. The Labute approximate surface area is 234 Å². The molecule has 0 radical (unpaired) electrons. The number of nitrogens with one attached hydrogen (secondary N) is 1. The predicted octanol–water partition coefficient (Wildman–Crippen LogP) is 5.85. The Balaban J connectivity index is 1.54. The summed E-state index contributed by atoms with van der Waals surface area (Å²) < 4.78 is 21.4. The molecule has 0 unspecified atom stereocenters. The van der Waals surface area contributed by atoms with Crippen molar-refractivity contribution in [2.75, 3.05) is 5.32 Å². The summed E-state index contributed by atoms with van der Waals surface area (Å²) in [5.74, 6) is -1.32. The van der Waals surface area contributed by atoms with Crippen molar-refractivity contribution in [1.29, 1.82) is 0 Å². The van der Waals surface area contributed by atoms with Crippen LogP contribution in [-0.4, -0.2) is 30.4 Å². The van der Waals surface area contributed by atoms with E-state index in [1.165, 1.54) is 52.6 Å². The molecule has 0 amide bonds. The van der Waals surface area contributed by atoms with Crippen LogP contribution in [0.5, 0.6) is 0 Å². The van der Waals surface area contributed by atoms with E-state index >= 15 is 0 Å². The van der Waals surface area contributed by atoms with Crippen LogP contribution in [0, 0.1) is 5.82 Å². The van der Waals surface area contributed by atoms with Gasteiger partial charge in [0.2, 0.25) is 0 Å². The number of Topliss-reactive ketones (excluding diaryl/α,β-unsaturated/α-hetero) is 1. The van der Waals surface area contributed by atoms with Gasteiger partial charge >= 0.3 is 0 Å². The number of nitrogens with zero attached hydrogens (tertiary/aromatic N) is 4. The van der Waals surface area contributed by atoms with Crippen LogP contribution < -0.4 is 10.9 Å². The van der Waals surface area contributed by atoms with Crippen LogP contribution in [-0.2, 0) is 13.1 Å². The predicted molar refractivity (Wildman–Crippen MR) is 151 cm³/mol. The summed E-state index contributed by atoms with van der Waals surface area (Å²) in [5.41, 5.74) is 0.292. The number of hydrogen-bond donors (Lipinski definition) is 1. The first-order valence-corrected chi connectivity index (χ1v) is 13.5. The van der Waals surface area contributed by atoms with Crippen LogP contribution in [0.4, 0.5) is 10.2 Å². The Morgan fingerprint density at radius 2 is 1.97 bits per heavy atom. The lowest BCUT2D eigenvalue weighted by Crippen LogP contribution is -2.25. The third kappa shape index (κ3) is 5.51. The van der Waals surface area contributed by atoms with Gasteiger partial charge in [-0.3, -0.25) is 14.4 Å². The number of halogens is 2. The van der Waals surface area contributed by atoms with E-state index in [1.54, 1.807) is 30.3 Å². The van der Waals surface area contributed by atoms with Crippen molar-refractivity contribution in [3.8, 4) is 11.3 Å². The highest BCUT2D eigenvalue weighted by Crippen LogP contribution is 2.27. The van der Waals surface area contributed by atoms with Crippen LogP contribution in [0.1, 0.15) is 30.5 Å². The lowest BCUT2D eigenvalue weighted by Gasteiger charge is -2.09. The lowest BCUT2D eigenvalue weighted by molar-refractivity contribution is 0.0941. The molecule has 0 aliphatic rings. The molecule has 39 heavy (non-hydrogen) atoms. The number of benzene rings is 1. The van der Waals surface area contributed by atoms with E-state index in [1.807, 2.05) is 6.07 Å². The fourth-order valence-electron chi connectivity index (χ4n) is 3.90. The van der Waals surface area contributed by atoms with Crippen LogP contribution in [0.15, 0.2) is 78.4 Å². The van der Waals surface area contributed by atoms with Crippen LogP contribution >= 0.6 is 34.5 Å². The summed E-state index contributed by atoms with van der Waals surface area (Å²) in [4.78, 5) is 40.5. The Kier molecular flexibility index (Phi) is 7.64. The minimum atomic E-state index is -0.685. The van der Waals surface area contributed by atoms with Gasteiger partial charge in [-0.15, -0.1) is 11.3 Å². The van der Waals surface area contributed by atoms with Gasteiger partial charge in [-0.05, 0) is 47.9 Å². The fourth-order valence-corrected chi connectivity index (χ4v) is 5.45. The summed E-state index contributed by atoms with van der Waals surface area (Å²) in [7, 11) is 0. The molecule has 0 saturated heterocycles. The zero-order chi connectivity index (χ0) is 27.5. The average molecular weight is 580 g/mol. The van der Waals surface area contributed by atoms with Crippen molar-refractivity contribution in [1.82, 2.24) is 18.7 Å². The molecule has 8 nitrogen and oxygen atoms in total. The molecular formula is C27H19ClFN5O3S2. The number of anilines is 1. The van der Waals surface area contributed by atoms with Gasteiger partial charge < -0.3 is 9.88 Å². The van der Waals surface area contributed by atoms with Crippen LogP contribution in [0.2, 0.25) is 4.34 Å². The third-order valence-electron chi connectivity index (χ3n) is 5.79. The van der Waals surface area contributed by atoms with Crippen molar-refractivity contribution in [2.24, 2.45) is 0 Å².